The average molecular weight is 626 g/mol. The van der Waals surface area contributed by atoms with E-state index in [-0.39, 0.29) is 17.8 Å². The fourth-order valence-electron chi connectivity index (χ4n) is 10.4. The Balaban J connectivity index is 1.33. The normalized spacial score (nSPS) is 26.2. The number of rotatable bonds is 16. The van der Waals surface area contributed by atoms with Crippen LogP contribution in [0.2, 0.25) is 0 Å². The second kappa shape index (κ2) is 18.2. The Morgan fingerprint density at radius 2 is 1.52 bits per heavy atom. The Hall–Kier alpha value is -2.39. The molecule has 0 amide bonds. The van der Waals surface area contributed by atoms with Gasteiger partial charge < -0.3 is 10.8 Å². The van der Waals surface area contributed by atoms with Gasteiger partial charge >= 0.3 is 5.97 Å². The van der Waals surface area contributed by atoms with Gasteiger partial charge in [-0.25, -0.2) is 0 Å². The Labute approximate surface area is 280 Å². The van der Waals surface area contributed by atoms with E-state index in [2.05, 4.69) is 72.8 Å². The van der Waals surface area contributed by atoms with Crippen molar-refractivity contribution in [2.75, 3.05) is 6.54 Å². The smallest absolute Gasteiger partial charge is 0.303 e. The van der Waals surface area contributed by atoms with Gasteiger partial charge in [0.05, 0.1) is 0 Å². The van der Waals surface area contributed by atoms with Gasteiger partial charge in [0, 0.05) is 6.42 Å². The lowest BCUT2D eigenvalue weighted by molar-refractivity contribution is -0.141. The van der Waals surface area contributed by atoms with E-state index < -0.39 is 5.97 Å². The molecule has 0 aromatic heterocycles. The van der Waals surface area contributed by atoms with E-state index in [9.17, 15) is 9.90 Å². The van der Waals surface area contributed by atoms with Crippen LogP contribution in [0.3, 0.4) is 0 Å². The molecule has 0 bridgehead atoms. The Bertz CT molecular complexity index is 1160. The molecule has 46 heavy (non-hydrogen) atoms. The summed E-state index contributed by atoms with van der Waals surface area (Å²) in [5.41, 5.74) is 9.36. The Morgan fingerprint density at radius 3 is 2.22 bits per heavy atom. The summed E-state index contributed by atoms with van der Waals surface area (Å²) in [5, 5.41) is 10.3. The number of carboxylic acids is 1. The van der Waals surface area contributed by atoms with Gasteiger partial charge in [-0.15, -0.1) is 0 Å². The molecule has 3 fully saturated rings. The van der Waals surface area contributed by atoms with Crippen LogP contribution in [0.5, 0.6) is 0 Å². The summed E-state index contributed by atoms with van der Waals surface area (Å²) < 4.78 is 0. The molecule has 3 aliphatic rings. The van der Waals surface area contributed by atoms with Crippen molar-refractivity contribution in [3.63, 3.8) is 0 Å². The lowest BCUT2D eigenvalue weighted by atomic mass is 9.51. The molecule has 252 valence electrons. The highest BCUT2D eigenvalue weighted by molar-refractivity contribution is 5.67. The van der Waals surface area contributed by atoms with Crippen LogP contribution in [0.25, 0.3) is 0 Å². The third-order valence-corrected chi connectivity index (χ3v) is 12.7. The van der Waals surface area contributed by atoms with Crippen LogP contribution >= 0.6 is 0 Å². The van der Waals surface area contributed by atoms with E-state index in [4.69, 9.17) is 5.73 Å². The van der Waals surface area contributed by atoms with Gasteiger partial charge in [0.25, 0.3) is 0 Å². The SMILES string of the molecule is NCC[C@H]1[C@@H](C[C@@H](C/C=C\CCC2CCCCC2)CCc2ccccc2)CC[C@@H](C2(c3ccccc3)CCCCC2)[C@@H]1CC(=O)O. The number of hydrogen-bond acceptors (Lipinski definition) is 2. The summed E-state index contributed by atoms with van der Waals surface area (Å²) in [4.78, 5) is 12.6. The summed E-state index contributed by atoms with van der Waals surface area (Å²) in [6, 6.07) is 22.2. The molecule has 0 heterocycles. The number of carbonyl (C=O) groups is 1. The summed E-state index contributed by atoms with van der Waals surface area (Å²) in [6.45, 7) is 0.651. The van der Waals surface area contributed by atoms with E-state index in [1.54, 1.807) is 0 Å². The van der Waals surface area contributed by atoms with Crippen molar-refractivity contribution in [3.8, 4) is 0 Å². The van der Waals surface area contributed by atoms with Gasteiger partial charge in [-0.3, -0.25) is 4.79 Å². The number of nitrogens with two attached hydrogens (primary N) is 1. The lowest BCUT2D eigenvalue weighted by Crippen LogP contribution is -2.48. The number of carboxylic acid groups (broad SMARTS) is 1. The van der Waals surface area contributed by atoms with Gasteiger partial charge in [0.15, 0.2) is 0 Å². The molecular formula is C43H63NO2. The van der Waals surface area contributed by atoms with Crippen LogP contribution in [-0.2, 0) is 16.6 Å². The highest BCUT2D eigenvalue weighted by Crippen LogP contribution is 2.56. The van der Waals surface area contributed by atoms with E-state index in [0.29, 0.717) is 30.2 Å². The van der Waals surface area contributed by atoms with Crippen molar-refractivity contribution in [1.29, 1.82) is 0 Å². The maximum atomic E-state index is 12.6. The van der Waals surface area contributed by atoms with Crippen molar-refractivity contribution in [1.82, 2.24) is 0 Å². The second-order valence-corrected chi connectivity index (χ2v) is 15.4. The third-order valence-electron chi connectivity index (χ3n) is 12.7. The molecule has 3 aliphatic carbocycles. The van der Waals surface area contributed by atoms with Crippen LogP contribution in [0.1, 0.15) is 133 Å². The standard InChI is InChI=1S/C43H63NO2/c44-31-28-39-37(26-27-41(40(39)33-42(45)46)43(29-14-5-15-30-43)38-22-12-4-13-23-38)32-36(25-24-35-19-9-2-10-20-35)21-11-3-8-18-34-16-6-1-7-17-34/h2-4,9-13,19-20,22-23,34,36-37,39-41H,1,5-8,14-18,21,24-33,44H2,(H,45,46)/b11-3-/t36-,37+,39-,40+,41+/m0/s1. The zero-order valence-electron chi connectivity index (χ0n) is 28.7. The molecule has 3 N–H and O–H groups in total. The molecule has 3 saturated carbocycles. The molecule has 0 aliphatic heterocycles. The number of aryl methyl sites for hydroxylation is 1. The first-order chi connectivity index (χ1) is 22.6. The fraction of sp³-hybridized carbons (Fsp3) is 0.651. The second-order valence-electron chi connectivity index (χ2n) is 15.4. The van der Waals surface area contributed by atoms with Crippen LogP contribution < -0.4 is 5.73 Å². The maximum Gasteiger partial charge on any atom is 0.303 e. The summed E-state index contributed by atoms with van der Waals surface area (Å²) in [7, 11) is 0. The molecule has 0 spiro atoms. The van der Waals surface area contributed by atoms with Crippen LogP contribution in [0, 0.1) is 35.5 Å². The summed E-state index contributed by atoms with van der Waals surface area (Å²) >= 11 is 0. The van der Waals surface area contributed by atoms with Crippen molar-refractivity contribution in [2.24, 2.45) is 41.2 Å². The van der Waals surface area contributed by atoms with Crippen molar-refractivity contribution < 1.29 is 9.90 Å². The molecule has 5 rings (SSSR count). The van der Waals surface area contributed by atoms with Crippen molar-refractivity contribution >= 4 is 5.97 Å². The first-order valence-electron chi connectivity index (χ1n) is 19.3. The minimum Gasteiger partial charge on any atom is -0.481 e. The first kappa shape index (κ1) is 34.9. The largest absolute Gasteiger partial charge is 0.481 e. The van der Waals surface area contributed by atoms with Crippen LogP contribution in [0.4, 0.5) is 0 Å². The first-order valence-corrected chi connectivity index (χ1v) is 19.3. The Kier molecular flexibility index (Phi) is 13.8. The van der Waals surface area contributed by atoms with E-state index in [1.807, 2.05) is 0 Å². The molecule has 2 aromatic carbocycles. The molecule has 2 aromatic rings. The van der Waals surface area contributed by atoms with Gasteiger partial charge in [0.2, 0.25) is 0 Å². The minimum atomic E-state index is -0.627. The molecule has 0 radical (unpaired) electrons. The third kappa shape index (κ3) is 9.59. The summed E-state index contributed by atoms with van der Waals surface area (Å²) in [6.07, 6.45) is 29.2. The number of benzene rings is 2. The van der Waals surface area contributed by atoms with Crippen LogP contribution in [0.15, 0.2) is 72.8 Å². The molecule has 5 atom stereocenters. The molecular weight excluding hydrogens is 562 g/mol. The maximum absolute atomic E-state index is 12.6. The molecule has 3 heteroatoms. The average Bonchev–Trinajstić information content (AvgIpc) is 3.09. The zero-order valence-corrected chi connectivity index (χ0v) is 28.7. The predicted octanol–water partition coefficient (Wildman–Crippen LogP) is 10.9. The van der Waals surface area contributed by atoms with E-state index in [0.717, 1.165) is 31.6 Å². The van der Waals surface area contributed by atoms with E-state index >= 15 is 0 Å². The number of allylic oxidation sites excluding steroid dienone is 2. The highest BCUT2D eigenvalue weighted by atomic mass is 16.4. The number of hydrogen-bond donors (Lipinski definition) is 2. The Morgan fingerprint density at radius 1 is 0.826 bits per heavy atom. The molecule has 3 nitrogen and oxygen atoms in total. The van der Waals surface area contributed by atoms with Crippen LogP contribution in [-0.4, -0.2) is 17.6 Å². The number of aliphatic carboxylic acids is 1. The van der Waals surface area contributed by atoms with Crippen molar-refractivity contribution in [3.05, 3.63) is 83.9 Å². The quantitative estimate of drug-likeness (QED) is 0.182. The highest BCUT2D eigenvalue weighted by Gasteiger charge is 2.50. The fourth-order valence-corrected chi connectivity index (χ4v) is 10.4. The van der Waals surface area contributed by atoms with Gasteiger partial charge in [-0.1, -0.05) is 124 Å². The monoisotopic (exact) mass is 625 g/mol. The van der Waals surface area contributed by atoms with Gasteiger partial charge in [-0.05, 0) is 129 Å². The zero-order chi connectivity index (χ0) is 32.0. The van der Waals surface area contributed by atoms with Crippen molar-refractivity contribution in [2.45, 2.75) is 134 Å². The van der Waals surface area contributed by atoms with E-state index in [1.165, 1.54) is 107 Å². The lowest BCUT2D eigenvalue weighted by Gasteiger charge is -2.54. The summed E-state index contributed by atoms with van der Waals surface area (Å²) in [5.74, 6) is 2.48. The minimum absolute atomic E-state index is 0.102. The van der Waals surface area contributed by atoms with Gasteiger partial charge in [-0.2, -0.15) is 0 Å². The predicted molar refractivity (Wildman–Crippen MR) is 193 cm³/mol. The molecule has 0 unspecified atom stereocenters. The van der Waals surface area contributed by atoms with Gasteiger partial charge in [0.1, 0.15) is 0 Å². The topological polar surface area (TPSA) is 63.3 Å². The molecule has 0 saturated heterocycles.